The van der Waals surface area contributed by atoms with E-state index in [0.717, 1.165) is 34.8 Å². The van der Waals surface area contributed by atoms with Gasteiger partial charge in [-0.05, 0) is 111 Å². The fraction of sp³-hybridized carbons (Fsp3) is 0.618. The Morgan fingerprint density at radius 3 is 2.10 bits per heavy atom. The lowest BCUT2D eigenvalue weighted by atomic mass is 10.1. The van der Waals surface area contributed by atoms with Crippen molar-refractivity contribution in [1.29, 1.82) is 5.41 Å². The number of unbranched alkanes of at least 4 members (excludes halogenated alkanes) is 6. The van der Waals surface area contributed by atoms with E-state index in [0.29, 0.717) is 70.1 Å². The molecule has 10 N–H and O–H groups in total. The first-order valence-electron chi connectivity index (χ1n) is 17.4. The molecular formula is C34H54IN7O9. The first kappa shape index (κ1) is 44.9. The molecule has 0 spiro atoms. The van der Waals surface area contributed by atoms with Crippen molar-refractivity contribution in [3.63, 3.8) is 0 Å². The summed E-state index contributed by atoms with van der Waals surface area (Å²) >= 11 is 2.11. The second-order valence-electron chi connectivity index (χ2n) is 12.3. The van der Waals surface area contributed by atoms with Gasteiger partial charge in [-0.25, -0.2) is 9.59 Å². The number of hydrogen-bond acceptors (Lipinski definition) is 8. The third-order valence-electron chi connectivity index (χ3n) is 7.63. The maximum atomic E-state index is 12.6. The van der Waals surface area contributed by atoms with E-state index in [9.17, 15) is 33.9 Å². The number of carbonyl (C=O) groups is 6. The molecule has 0 aliphatic rings. The first-order valence-corrected chi connectivity index (χ1v) is 18.4. The van der Waals surface area contributed by atoms with Crippen LogP contribution in [0, 0.1) is 8.98 Å². The van der Waals surface area contributed by atoms with Gasteiger partial charge in [0.2, 0.25) is 11.8 Å². The van der Waals surface area contributed by atoms with Crippen LogP contribution in [0.4, 0.5) is 4.79 Å². The number of nitrogens with one attached hydrogen (secondary N) is 6. The van der Waals surface area contributed by atoms with Crippen molar-refractivity contribution < 1.29 is 43.7 Å². The molecule has 1 aromatic carbocycles. The van der Waals surface area contributed by atoms with Gasteiger partial charge in [0.15, 0.2) is 5.96 Å². The Morgan fingerprint density at radius 1 is 0.784 bits per heavy atom. The van der Waals surface area contributed by atoms with Crippen molar-refractivity contribution in [1.82, 2.24) is 26.6 Å². The predicted octanol–water partition coefficient (Wildman–Crippen LogP) is 3.35. The highest BCUT2D eigenvalue weighted by atomic mass is 131. The van der Waals surface area contributed by atoms with Crippen LogP contribution in [-0.4, -0.2) is 83.7 Å². The summed E-state index contributed by atoms with van der Waals surface area (Å²) < 4.78 is 5.94. The summed E-state index contributed by atoms with van der Waals surface area (Å²) in [5.41, 5.74) is 6.61. The molecule has 0 fully saturated rings. The Bertz CT molecular complexity index is 1300. The quantitative estimate of drug-likeness (QED) is 0.0269. The van der Waals surface area contributed by atoms with Crippen LogP contribution in [0.5, 0.6) is 0 Å². The highest BCUT2D eigenvalue weighted by Gasteiger charge is 2.19. The molecule has 0 aliphatic carbocycles. The van der Waals surface area contributed by atoms with E-state index in [1.807, 2.05) is 6.07 Å². The summed E-state index contributed by atoms with van der Waals surface area (Å²) in [5.74, 6) is -2.84. The van der Waals surface area contributed by atoms with E-state index < -0.39 is 24.1 Å². The molecule has 1 unspecified atom stereocenters. The molecule has 17 heteroatoms. The first-order chi connectivity index (χ1) is 24.3. The van der Waals surface area contributed by atoms with Crippen LogP contribution in [0.25, 0.3) is 0 Å². The van der Waals surface area contributed by atoms with Crippen LogP contribution in [0.2, 0.25) is 0 Å². The minimum absolute atomic E-state index is 0.0283. The summed E-state index contributed by atoms with van der Waals surface area (Å²) in [5, 5.41) is 39.1. The van der Waals surface area contributed by atoms with Crippen molar-refractivity contribution in [3.05, 3.63) is 32.9 Å². The third-order valence-corrected chi connectivity index (χ3v) is 8.25. The lowest BCUT2D eigenvalue weighted by Crippen LogP contribution is -2.40. The van der Waals surface area contributed by atoms with Gasteiger partial charge in [0.05, 0.1) is 6.61 Å². The van der Waals surface area contributed by atoms with Gasteiger partial charge in [0.25, 0.3) is 5.91 Å². The van der Waals surface area contributed by atoms with Gasteiger partial charge in [-0.1, -0.05) is 12.8 Å². The van der Waals surface area contributed by atoms with Gasteiger partial charge in [-0.3, -0.25) is 24.6 Å². The summed E-state index contributed by atoms with van der Waals surface area (Å²) in [6.07, 6.45) is 6.47. The van der Waals surface area contributed by atoms with E-state index >= 15 is 0 Å². The summed E-state index contributed by atoms with van der Waals surface area (Å²) in [7, 11) is 0. The molecule has 0 aliphatic heterocycles. The minimum atomic E-state index is -1.11. The van der Waals surface area contributed by atoms with Gasteiger partial charge in [-0.2, -0.15) is 0 Å². The van der Waals surface area contributed by atoms with Crippen molar-refractivity contribution in [2.75, 3.05) is 19.7 Å². The molecule has 0 radical (unpaired) electrons. The van der Waals surface area contributed by atoms with E-state index in [-0.39, 0.29) is 55.6 Å². The number of halogens is 1. The monoisotopic (exact) mass is 835 g/mol. The number of benzene rings is 1. The summed E-state index contributed by atoms with van der Waals surface area (Å²) in [6.45, 7) is 3.14. The average Bonchev–Trinajstić information content (AvgIpc) is 3.06. The Labute approximate surface area is 312 Å². The van der Waals surface area contributed by atoms with Crippen molar-refractivity contribution in [2.24, 2.45) is 5.73 Å². The zero-order valence-corrected chi connectivity index (χ0v) is 31.5. The fourth-order valence-corrected chi connectivity index (χ4v) is 5.58. The Kier molecular flexibility index (Phi) is 23.4. The number of carbonyl (C=O) groups excluding carboxylic acids is 4. The molecule has 4 amide bonds. The number of rotatable bonds is 27. The van der Waals surface area contributed by atoms with Crippen LogP contribution < -0.4 is 32.3 Å². The normalized spacial score (nSPS) is 11.8. The number of guanidine groups is 1. The van der Waals surface area contributed by atoms with Crippen molar-refractivity contribution in [3.8, 4) is 0 Å². The fourth-order valence-electron chi connectivity index (χ4n) is 4.85. The lowest BCUT2D eigenvalue weighted by molar-refractivity contribution is -0.142. The van der Waals surface area contributed by atoms with E-state index in [2.05, 4.69) is 49.2 Å². The minimum Gasteiger partial charge on any atom is -0.481 e. The number of ether oxygens (including phenoxy) is 1. The molecule has 2 atom stereocenters. The van der Waals surface area contributed by atoms with Crippen molar-refractivity contribution in [2.45, 2.75) is 115 Å². The van der Waals surface area contributed by atoms with Crippen LogP contribution in [-0.2, 0) is 30.5 Å². The lowest BCUT2D eigenvalue weighted by Gasteiger charge is -2.15. The van der Waals surface area contributed by atoms with E-state index in [1.165, 1.54) is 0 Å². The number of carboxylic acid groups (broad SMARTS) is 2. The number of alkyl carbamates (subject to hydrolysis) is 1. The van der Waals surface area contributed by atoms with E-state index in [4.69, 9.17) is 21.0 Å². The van der Waals surface area contributed by atoms with Crippen LogP contribution in [0.15, 0.2) is 18.2 Å². The number of amides is 4. The molecule has 16 nitrogen and oxygen atoms in total. The summed E-state index contributed by atoms with van der Waals surface area (Å²) in [4.78, 5) is 70.9. The standard InChI is InChI=1S/C34H54IN7O9/c1-23(14-15-30(45)46)41-34(50)51-18-10-4-8-16-38-28(43)12-5-2-3-6-13-29(44)42-27(32(48)49)11-7-9-17-39-31(47)25-19-24(20-26(35)21-25)22-40-33(36)37/h19-21,23,27H,2-18,22H2,1H3,(H,38,43)(H,39,47)(H,41,50)(H,42,44)(H,45,46)(H,48,49)(H4,36,37,40)/t23-,27?/m1/s1/i35+4. The molecule has 286 valence electrons. The zero-order valence-electron chi connectivity index (χ0n) is 29.3. The highest BCUT2D eigenvalue weighted by Crippen LogP contribution is 2.13. The number of aliphatic carboxylic acids is 2. The van der Waals surface area contributed by atoms with Gasteiger partial charge >= 0.3 is 18.0 Å². The van der Waals surface area contributed by atoms with Gasteiger partial charge < -0.3 is 47.3 Å². The number of nitrogens with two attached hydrogens (primary N) is 1. The molecule has 0 aromatic heterocycles. The number of carboxylic acids is 2. The molecule has 1 aromatic rings. The largest absolute Gasteiger partial charge is 0.481 e. The Balaban J connectivity index is 2.11. The molecule has 0 saturated carbocycles. The topological polar surface area (TPSA) is 262 Å². The second kappa shape index (κ2) is 26.6. The molecule has 0 heterocycles. The van der Waals surface area contributed by atoms with E-state index in [1.54, 1.807) is 19.1 Å². The van der Waals surface area contributed by atoms with Crippen LogP contribution >= 0.6 is 22.6 Å². The van der Waals surface area contributed by atoms with Crippen molar-refractivity contribution >= 4 is 64.3 Å². The third kappa shape index (κ3) is 23.8. The molecule has 0 bridgehead atoms. The van der Waals surface area contributed by atoms with Gasteiger partial charge in [0.1, 0.15) is 6.04 Å². The van der Waals surface area contributed by atoms with Gasteiger partial charge in [-0.15, -0.1) is 0 Å². The maximum absolute atomic E-state index is 12.6. The predicted molar refractivity (Wildman–Crippen MR) is 199 cm³/mol. The van der Waals surface area contributed by atoms with Crippen LogP contribution in [0.3, 0.4) is 0 Å². The molecule has 0 saturated heterocycles. The zero-order chi connectivity index (χ0) is 38.0. The Morgan fingerprint density at radius 2 is 1.43 bits per heavy atom. The van der Waals surface area contributed by atoms with Gasteiger partial charge in [0, 0.05) is 54.1 Å². The maximum Gasteiger partial charge on any atom is 0.407 e. The molecule has 1 rings (SSSR count). The Hall–Kier alpha value is -4.16. The smallest absolute Gasteiger partial charge is 0.407 e. The molecule has 51 heavy (non-hydrogen) atoms. The second-order valence-corrected chi connectivity index (χ2v) is 13.5. The highest BCUT2D eigenvalue weighted by molar-refractivity contribution is 14.1. The average molecular weight is 836 g/mol. The summed E-state index contributed by atoms with van der Waals surface area (Å²) in [6, 6.07) is 4.04. The number of hydrogen-bond donors (Lipinski definition) is 9. The molecular weight excluding hydrogens is 781 g/mol. The van der Waals surface area contributed by atoms with Crippen LogP contribution in [0.1, 0.15) is 113 Å². The SMILES string of the molecule is C[C@H](CCC(=O)O)NC(=O)OCCCCCNC(=O)CCCCCCC(=O)NC(CCCCNC(=O)c1cc([131I])cc(CNC(=N)N)c1)C(=O)O.